The van der Waals surface area contributed by atoms with Gasteiger partial charge in [0.25, 0.3) is 0 Å². The third kappa shape index (κ3) is 2.96. The van der Waals surface area contributed by atoms with Crippen LogP contribution in [0.4, 0.5) is 5.82 Å². The smallest absolute Gasteiger partial charge is 0.226 e. The summed E-state index contributed by atoms with van der Waals surface area (Å²) in [4.78, 5) is 12.5. The van der Waals surface area contributed by atoms with Gasteiger partial charge in [0.15, 0.2) is 11.5 Å². The van der Waals surface area contributed by atoms with E-state index >= 15 is 0 Å². The van der Waals surface area contributed by atoms with E-state index < -0.39 is 0 Å². The minimum Gasteiger partial charge on any atom is -0.493 e. The molecule has 2 aromatic heterocycles. The van der Waals surface area contributed by atoms with Crippen molar-refractivity contribution in [3.05, 3.63) is 53.6 Å². The Morgan fingerprint density at radius 2 is 1.96 bits per heavy atom. The summed E-state index contributed by atoms with van der Waals surface area (Å²) in [7, 11) is 4.71. The van der Waals surface area contributed by atoms with Gasteiger partial charge in [0.05, 0.1) is 33.8 Å². The Morgan fingerprint density at radius 3 is 2.64 bits per heavy atom. The standard InChI is InChI=1S/C20H21N3O5/c1-25-16-7-6-13(18(26-2)19(16)27-3)14-9-17(24)22-20-15(14)10-21-23(20)11-12-5-4-8-28-12/h4-8,10,14H,9,11H2,1-3H3,(H,22,24). The number of nitrogens with zero attached hydrogens (tertiary/aromatic N) is 2. The number of amides is 1. The van der Waals surface area contributed by atoms with Crippen molar-refractivity contribution in [2.75, 3.05) is 26.6 Å². The highest BCUT2D eigenvalue weighted by Crippen LogP contribution is 2.47. The van der Waals surface area contributed by atoms with Crippen molar-refractivity contribution >= 4 is 11.7 Å². The highest BCUT2D eigenvalue weighted by atomic mass is 16.5. The lowest BCUT2D eigenvalue weighted by atomic mass is 9.86. The lowest BCUT2D eigenvalue weighted by molar-refractivity contribution is -0.116. The molecule has 1 atom stereocenters. The first-order chi connectivity index (χ1) is 13.7. The van der Waals surface area contributed by atoms with Crippen molar-refractivity contribution in [3.8, 4) is 17.2 Å². The van der Waals surface area contributed by atoms with E-state index in [9.17, 15) is 4.79 Å². The predicted octanol–water partition coefficient (Wildman–Crippen LogP) is 3.02. The molecule has 8 heteroatoms. The number of rotatable bonds is 6. The summed E-state index contributed by atoms with van der Waals surface area (Å²) in [5.41, 5.74) is 1.76. The largest absolute Gasteiger partial charge is 0.493 e. The van der Waals surface area contributed by atoms with E-state index in [-0.39, 0.29) is 18.2 Å². The number of hydrogen-bond donors (Lipinski definition) is 1. The summed E-state index contributed by atoms with van der Waals surface area (Å²) in [5.74, 6) is 2.72. The Balaban J connectivity index is 1.79. The molecule has 8 nitrogen and oxygen atoms in total. The fraction of sp³-hybridized carbons (Fsp3) is 0.300. The van der Waals surface area contributed by atoms with E-state index in [1.54, 1.807) is 38.5 Å². The van der Waals surface area contributed by atoms with Gasteiger partial charge in [0.1, 0.15) is 18.1 Å². The van der Waals surface area contributed by atoms with Crippen molar-refractivity contribution in [1.82, 2.24) is 9.78 Å². The van der Waals surface area contributed by atoms with Crippen LogP contribution < -0.4 is 19.5 Å². The first-order valence-electron chi connectivity index (χ1n) is 8.83. The maximum Gasteiger partial charge on any atom is 0.226 e. The van der Waals surface area contributed by atoms with E-state index in [2.05, 4.69) is 10.4 Å². The van der Waals surface area contributed by atoms with Gasteiger partial charge in [-0.2, -0.15) is 5.10 Å². The van der Waals surface area contributed by atoms with Gasteiger partial charge in [-0.3, -0.25) is 4.79 Å². The van der Waals surface area contributed by atoms with E-state index in [1.165, 1.54) is 0 Å². The van der Waals surface area contributed by atoms with Crippen LogP contribution in [0.2, 0.25) is 0 Å². The van der Waals surface area contributed by atoms with Crippen LogP contribution in [0.25, 0.3) is 0 Å². The van der Waals surface area contributed by atoms with Crippen LogP contribution in [0.1, 0.15) is 29.2 Å². The first kappa shape index (κ1) is 18.0. The molecule has 1 aliphatic rings. The maximum atomic E-state index is 12.5. The SMILES string of the molecule is COc1ccc(C2CC(=O)Nc3c2cnn3Cc2ccco2)c(OC)c1OC. The van der Waals surface area contributed by atoms with Crippen LogP contribution in [0.3, 0.4) is 0 Å². The Kier molecular flexibility index (Phi) is 4.68. The van der Waals surface area contributed by atoms with Crippen molar-refractivity contribution in [3.63, 3.8) is 0 Å². The van der Waals surface area contributed by atoms with Crippen LogP contribution in [0.5, 0.6) is 17.2 Å². The van der Waals surface area contributed by atoms with Crippen LogP contribution in [-0.2, 0) is 11.3 Å². The molecule has 3 heterocycles. The Morgan fingerprint density at radius 1 is 1.14 bits per heavy atom. The second-order valence-corrected chi connectivity index (χ2v) is 6.41. The fourth-order valence-electron chi connectivity index (χ4n) is 3.62. The number of nitrogens with one attached hydrogen (secondary N) is 1. The molecule has 1 aromatic carbocycles. The first-order valence-corrected chi connectivity index (χ1v) is 8.83. The molecule has 0 saturated heterocycles. The van der Waals surface area contributed by atoms with Gasteiger partial charge in [-0.15, -0.1) is 0 Å². The van der Waals surface area contributed by atoms with E-state index in [0.717, 1.165) is 16.9 Å². The van der Waals surface area contributed by atoms with Crippen LogP contribution >= 0.6 is 0 Å². The fourth-order valence-corrected chi connectivity index (χ4v) is 3.62. The minimum atomic E-state index is -0.219. The molecule has 0 saturated carbocycles. The van der Waals surface area contributed by atoms with E-state index in [4.69, 9.17) is 18.6 Å². The Bertz CT molecular complexity index is 994. The van der Waals surface area contributed by atoms with E-state index in [0.29, 0.717) is 29.6 Å². The zero-order chi connectivity index (χ0) is 19.7. The average Bonchev–Trinajstić information content (AvgIpc) is 3.36. The quantitative estimate of drug-likeness (QED) is 0.704. The zero-order valence-electron chi connectivity index (χ0n) is 15.9. The van der Waals surface area contributed by atoms with Crippen molar-refractivity contribution in [2.24, 2.45) is 0 Å². The molecule has 4 rings (SSSR count). The molecule has 0 bridgehead atoms. The third-order valence-electron chi connectivity index (χ3n) is 4.89. The molecule has 3 aromatic rings. The molecule has 146 valence electrons. The van der Waals surface area contributed by atoms with Gasteiger partial charge in [0, 0.05) is 23.5 Å². The lowest BCUT2D eigenvalue weighted by Gasteiger charge is -2.26. The molecule has 0 aliphatic carbocycles. The summed E-state index contributed by atoms with van der Waals surface area (Å²) in [6.45, 7) is 0.429. The summed E-state index contributed by atoms with van der Waals surface area (Å²) >= 11 is 0. The monoisotopic (exact) mass is 383 g/mol. The van der Waals surface area contributed by atoms with Crippen LogP contribution in [0, 0.1) is 0 Å². The second-order valence-electron chi connectivity index (χ2n) is 6.41. The number of furan rings is 1. The van der Waals surface area contributed by atoms with Crippen molar-refractivity contribution in [2.45, 2.75) is 18.9 Å². The highest BCUT2D eigenvalue weighted by Gasteiger charge is 2.33. The molecular formula is C20H21N3O5. The van der Waals surface area contributed by atoms with Gasteiger partial charge in [-0.25, -0.2) is 4.68 Å². The minimum absolute atomic E-state index is 0.0875. The predicted molar refractivity (Wildman–Crippen MR) is 101 cm³/mol. The number of fused-ring (bicyclic) bond motifs is 1. The van der Waals surface area contributed by atoms with Crippen LogP contribution in [0.15, 0.2) is 41.1 Å². The van der Waals surface area contributed by atoms with Gasteiger partial charge in [-0.1, -0.05) is 6.07 Å². The summed E-state index contributed by atoms with van der Waals surface area (Å²) in [6.07, 6.45) is 3.67. The van der Waals surface area contributed by atoms with Crippen molar-refractivity contribution in [1.29, 1.82) is 0 Å². The molecule has 0 fully saturated rings. The Labute approximate surface area is 162 Å². The second kappa shape index (κ2) is 7.30. The third-order valence-corrected chi connectivity index (χ3v) is 4.89. The normalized spacial score (nSPS) is 15.7. The topological polar surface area (TPSA) is 87.8 Å². The Hall–Kier alpha value is -3.42. The van der Waals surface area contributed by atoms with Gasteiger partial charge in [0.2, 0.25) is 11.7 Å². The molecular weight excluding hydrogens is 362 g/mol. The van der Waals surface area contributed by atoms with Crippen molar-refractivity contribution < 1.29 is 23.4 Å². The van der Waals surface area contributed by atoms with Gasteiger partial charge >= 0.3 is 0 Å². The number of ether oxygens (including phenoxy) is 3. The lowest BCUT2D eigenvalue weighted by Crippen LogP contribution is -2.25. The highest BCUT2D eigenvalue weighted by molar-refractivity contribution is 5.94. The maximum absolute atomic E-state index is 12.5. The zero-order valence-corrected chi connectivity index (χ0v) is 15.9. The summed E-state index contributed by atoms with van der Waals surface area (Å²) in [5, 5.41) is 7.39. The van der Waals surface area contributed by atoms with Gasteiger partial charge in [-0.05, 0) is 18.2 Å². The molecule has 1 amide bonds. The van der Waals surface area contributed by atoms with Gasteiger partial charge < -0.3 is 23.9 Å². The molecule has 1 N–H and O–H groups in total. The molecule has 1 unspecified atom stereocenters. The number of hydrogen-bond acceptors (Lipinski definition) is 6. The van der Waals surface area contributed by atoms with Crippen LogP contribution in [-0.4, -0.2) is 37.0 Å². The average molecular weight is 383 g/mol. The number of carbonyl (C=O) groups excluding carboxylic acids is 1. The number of benzene rings is 1. The number of carbonyl (C=O) groups is 1. The molecule has 1 aliphatic heterocycles. The molecule has 0 spiro atoms. The molecule has 0 radical (unpaired) electrons. The molecule has 28 heavy (non-hydrogen) atoms. The number of anilines is 1. The summed E-state index contributed by atoms with van der Waals surface area (Å²) in [6, 6.07) is 7.40. The number of methoxy groups -OCH3 is 3. The number of aromatic nitrogens is 2. The summed E-state index contributed by atoms with van der Waals surface area (Å²) < 4.78 is 23.6. The van der Waals surface area contributed by atoms with E-state index in [1.807, 2.05) is 24.3 Å².